The fourth-order valence-electron chi connectivity index (χ4n) is 2.54. The Morgan fingerprint density at radius 3 is 2.67 bits per heavy atom. The van der Waals surface area contributed by atoms with E-state index >= 15 is 0 Å². The molecule has 1 N–H and O–H groups in total. The number of aromatic nitrogens is 1. The molecule has 1 aromatic heterocycles. The van der Waals surface area contributed by atoms with Crippen LogP contribution < -0.4 is 4.90 Å². The Labute approximate surface area is 130 Å². The molecular formula is C17H22N2OS. The van der Waals surface area contributed by atoms with Gasteiger partial charge in [0, 0.05) is 18.2 Å². The molecule has 21 heavy (non-hydrogen) atoms. The van der Waals surface area contributed by atoms with Gasteiger partial charge in [-0.1, -0.05) is 55.0 Å². The van der Waals surface area contributed by atoms with Crippen molar-refractivity contribution < 1.29 is 5.11 Å². The predicted octanol–water partition coefficient (Wildman–Crippen LogP) is 4.07. The van der Waals surface area contributed by atoms with E-state index in [-0.39, 0.29) is 6.61 Å². The second kappa shape index (κ2) is 6.58. The third-order valence-corrected chi connectivity index (χ3v) is 4.94. The molecule has 1 saturated carbocycles. The molecule has 1 aromatic carbocycles. The minimum atomic E-state index is 0.0637. The van der Waals surface area contributed by atoms with Crippen molar-refractivity contribution in [2.75, 3.05) is 11.4 Å². The molecule has 0 spiro atoms. The Bertz CT molecular complexity index is 578. The maximum atomic E-state index is 9.66. The average molecular weight is 302 g/mol. The molecule has 3 rings (SSSR count). The van der Waals surface area contributed by atoms with Crippen molar-refractivity contribution in [1.82, 2.24) is 4.98 Å². The summed E-state index contributed by atoms with van der Waals surface area (Å²) in [4.78, 5) is 8.27. The van der Waals surface area contributed by atoms with Gasteiger partial charge in [-0.2, -0.15) is 0 Å². The first-order valence-corrected chi connectivity index (χ1v) is 8.57. The van der Waals surface area contributed by atoms with Gasteiger partial charge >= 0.3 is 0 Å². The molecule has 4 heteroatoms. The summed E-state index contributed by atoms with van der Waals surface area (Å²) < 4.78 is 0. The summed E-state index contributed by atoms with van der Waals surface area (Å²) in [6.45, 7) is 3.36. The van der Waals surface area contributed by atoms with Gasteiger partial charge in [0.25, 0.3) is 0 Å². The molecular weight excluding hydrogens is 280 g/mol. The standard InChI is InChI=1S/C17H22N2OS/c1-2-3-11-19(14-9-10-14)17-18-16(15(12-20)21-17)13-7-5-4-6-8-13/h4-8,14,20H,2-3,9-12H2,1H3. The molecule has 0 unspecified atom stereocenters. The smallest absolute Gasteiger partial charge is 0.186 e. The van der Waals surface area contributed by atoms with Crippen LogP contribution in [0.3, 0.4) is 0 Å². The number of unbranched alkanes of at least 4 members (excludes halogenated alkanes) is 1. The van der Waals surface area contributed by atoms with Crippen molar-refractivity contribution in [1.29, 1.82) is 0 Å². The van der Waals surface area contributed by atoms with Crippen molar-refractivity contribution in [3.05, 3.63) is 35.2 Å². The van der Waals surface area contributed by atoms with Gasteiger partial charge in [0.15, 0.2) is 5.13 Å². The van der Waals surface area contributed by atoms with E-state index in [1.54, 1.807) is 11.3 Å². The first-order valence-electron chi connectivity index (χ1n) is 7.76. The van der Waals surface area contributed by atoms with E-state index in [4.69, 9.17) is 4.98 Å². The number of rotatable bonds is 7. The molecule has 1 fully saturated rings. The number of nitrogens with zero attached hydrogens (tertiary/aromatic N) is 2. The minimum absolute atomic E-state index is 0.0637. The number of benzene rings is 1. The summed E-state index contributed by atoms with van der Waals surface area (Å²) >= 11 is 1.65. The second-order valence-electron chi connectivity index (χ2n) is 5.57. The van der Waals surface area contributed by atoms with Gasteiger partial charge in [0.1, 0.15) is 0 Å². The zero-order valence-corrected chi connectivity index (χ0v) is 13.3. The highest BCUT2D eigenvalue weighted by atomic mass is 32.1. The van der Waals surface area contributed by atoms with E-state index in [2.05, 4.69) is 24.0 Å². The van der Waals surface area contributed by atoms with Crippen LogP contribution in [0.1, 0.15) is 37.5 Å². The van der Waals surface area contributed by atoms with Gasteiger partial charge < -0.3 is 10.0 Å². The van der Waals surface area contributed by atoms with E-state index in [1.165, 1.54) is 25.7 Å². The maximum absolute atomic E-state index is 9.66. The third kappa shape index (κ3) is 3.27. The van der Waals surface area contributed by atoms with Gasteiger partial charge in [0.05, 0.1) is 17.2 Å². The van der Waals surface area contributed by atoms with Crippen LogP contribution in [-0.4, -0.2) is 22.7 Å². The topological polar surface area (TPSA) is 36.4 Å². The lowest BCUT2D eigenvalue weighted by Crippen LogP contribution is -2.26. The molecule has 2 aromatic rings. The Morgan fingerprint density at radius 2 is 2.05 bits per heavy atom. The van der Waals surface area contributed by atoms with Crippen LogP contribution in [0.25, 0.3) is 11.3 Å². The van der Waals surface area contributed by atoms with Crippen molar-refractivity contribution in [3.8, 4) is 11.3 Å². The molecule has 1 heterocycles. The van der Waals surface area contributed by atoms with Crippen LogP contribution in [0.2, 0.25) is 0 Å². The summed E-state index contributed by atoms with van der Waals surface area (Å²) in [7, 11) is 0. The largest absolute Gasteiger partial charge is 0.391 e. The quantitative estimate of drug-likeness (QED) is 0.837. The van der Waals surface area contributed by atoms with Crippen molar-refractivity contribution in [3.63, 3.8) is 0 Å². The van der Waals surface area contributed by atoms with E-state index in [0.717, 1.165) is 27.8 Å². The van der Waals surface area contributed by atoms with E-state index in [0.29, 0.717) is 6.04 Å². The molecule has 0 saturated heterocycles. The zero-order chi connectivity index (χ0) is 14.7. The first kappa shape index (κ1) is 14.5. The van der Waals surface area contributed by atoms with Crippen LogP contribution in [0.5, 0.6) is 0 Å². The number of hydrogen-bond acceptors (Lipinski definition) is 4. The fraction of sp³-hybridized carbons (Fsp3) is 0.471. The first-order chi connectivity index (χ1) is 10.3. The second-order valence-corrected chi connectivity index (χ2v) is 6.63. The highest BCUT2D eigenvalue weighted by molar-refractivity contribution is 7.16. The fourth-order valence-corrected chi connectivity index (χ4v) is 3.58. The minimum Gasteiger partial charge on any atom is -0.391 e. The van der Waals surface area contributed by atoms with Crippen molar-refractivity contribution >= 4 is 16.5 Å². The molecule has 0 radical (unpaired) electrons. The molecule has 0 bridgehead atoms. The molecule has 1 aliphatic carbocycles. The van der Waals surface area contributed by atoms with Gasteiger partial charge in [-0.3, -0.25) is 0 Å². The van der Waals surface area contributed by atoms with Crippen LogP contribution >= 0.6 is 11.3 Å². The normalized spacial score (nSPS) is 14.4. The van der Waals surface area contributed by atoms with Crippen molar-refractivity contribution in [2.24, 2.45) is 0 Å². The summed E-state index contributed by atoms with van der Waals surface area (Å²) in [6.07, 6.45) is 4.95. The zero-order valence-electron chi connectivity index (χ0n) is 12.5. The Balaban J connectivity index is 1.91. The number of aliphatic hydroxyl groups excluding tert-OH is 1. The van der Waals surface area contributed by atoms with Crippen LogP contribution in [-0.2, 0) is 6.61 Å². The Hall–Kier alpha value is -1.39. The molecule has 3 nitrogen and oxygen atoms in total. The monoisotopic (exact) mass is 302 g/mol. The maximum Gasteiger partial charge on any atom is 0.186 e. The summed E-state index contributed by atoms with van der Waals surface area (Å²) in [6, 6.07) is 10.8. The van der Waals surface area contributed by atoms with Crippen molar-refractivity contribution in [2.45, 2.75) is 45.3 Å². The van der Waals surface area contributed by atoms with Crippen LogP contribution in [0.15, 0.2) is 30.3 Å². The van der Waals surface area contributed by atoms with Crippen LogP contribution in [0.4, 0.5) is 5.13 Å². The number of anilines is 1. The SMILES string of the molecule is CCCCN(c1nc(-c2ccccc2)c(CO)s1)C1CC1. The molecule has 112 valence electrons. The summed E-state index contributed by atoms with van der Waals surface area (Å²) in [5.41, 5.74) is 2.04. The lowest BCUT2D eigenvalue weighted by atomic mass is 10.1. The highest BCUT2D eigenvalue weighted by Gasteiger charge is 2.31. The third-order valence-electron chi connectivity index (χ3n) is 3.86. The summed E-state index contributed by atoms with van der Waals surface area (Å²) in [5, 5.41) is 10.7. The van der Waals surface area contributed by atoms with Gasteiger partial charge in [-0.25, -0.2) is 4.98 Å². The lowest BCUT2D eigenvalue weighted by molar-refractivity contribution is 0.286. The molecule has 0 aliphatic heterocycles. The highest BCUT2D eigenvalue weighted by Crippen LogP contribution is 2.38. The molecule has 0 amide bonds. The van der Waals surface area contributed by atoms with E-state index < -0.39 is 0 Å². The van der Waals surface area contributed by atoms with Gasteiger partial charge in [0.2, 0.25) is 0 Å². The number of aliphatic hydroxyl groups is 1. The lowest BCUT2D eigenvalue weighted by Gasteiger charge is -2.20. The predicted molar refractivity (Wildman–Crippen MR) is 88.7 cm³/mol. The molecule has 1 aliphatic rings. The summed E-state index contributed by atoms with van der Waals surface area (Å²) in [5.74, 6) is 0. The van der Waals surface area contributed by atoms with Gasteiger partial charge in [-0.05, 0) is 19.3 Å². The van der Waals surface area contributed by atoms with E-state index in [1.807, 2.05) is 18.2 Å². The van der Waals surface area contributed by atoms with Crippen LogP contribution in [0, 0.1) is 0 Å². The Morgan fingerprint density at radius 1 is 1.29 bits per heavy atom. The van der Waals surface area contributed by atoms with E-state index in [9.17, 15) is 5.11 Å². The Kier molecular flexibility index (Phi) is 4.56. The average Bonchev–Trinajstić information content (AvgIpc) is 3.27. The van der Waals surface area contributed by atoms with Gasteiger partial charge in [-0.15, -0.1) is 0 Å². The number of thiazole rings is 1. The molecule has 0 atom stereocenters. The number of hydrogen-bond donors (Lipinski definition) is 1.